The number of carbonyl (C=O) groups excluding carboxylic acids is 1. The van der Waals surface area contributed by atoms with Crippen molar-refractivity contribution in [2.45, 2.75) is 19.1 Å². The average Bonchev–Trinajstić information content (AvgIpc) is 2.33. The Morgan fingerprint density at radius 3 is 2.68 bits per heavy atom. The molecule has 19 heavy (non-hydrogen) atoms. The molecule has 0 radical (unpaired) electrons. The van der Waals surface area contributed by atoms with E-state index in [-0.39, 0.29) is 36.0 Å². The minimum atomic E-state index is -2.08. The van der Waals surface area contributed by atoms with Gasteiger partial charge < -0.3 is 21.3 Å². The van der Waals surface area contributed by atoms with Crippen LogP contribution in [0.5, 0.6) is 5.75 Å². The van der Waals surface area contributed by atoms with Gasteiger partial charge in [-0.15, -0.1) is 12.4 Å². The van der Waals surface area contributed by atoms with Crippen LogP contribution in [0.3, 0.4) is 0 Å². The molecule has 8 heteroatoms. The Labute approximate surface area is 124 Å². The Balaban J connectivity index is 0.00000324. The number of nitrogens with two attached hydrogens (primary N) is 2. The molecule has 0 saturated carbocycles. The molecular weight excluding hydrogens is 342 g/mol. The van der Waals surface area contributed by atoms with E-state index in [1.807, 2.05) is 0 Å². The number of benzene rings is 1. The van der Waals surface area contributed by atoms with Crippen molar-refractivity contribution in [3.63, 3.8) is 0 Å². The van der Waals surface area contributed by atoms with Crippen LogP contribution in [0.25, 0.3) is 0 Å². The summed E-state index contributed by atoms with van der Waals surface area (Å²) in [5, 5.41) is 9.76. The van der Waals surface area contributed by atoms with E-state index in [4.69, 9.17) is 11.5 Å². The monoisotopic (exact) mass is 356 g/mol. The number of alkyl halides is 1. The van der Waals surface area contributed by atoms with Crippen LogP contribution >= 0.6 is 28.3 Å². The fourth-order valence-corrected chi connectivity index (χ4v) is 2.02. The Morgan fingerprint density at radius 2 is 2.16 bits per heavy atom. The molecule has 5 nitrogen and oxygen atoms in total. The van der Waals surface area contributed by atoms with Crippen LogP contribution in [0, 0.1) is 0 Å². The van der Waals surface area contributed by atoms with Gasteiger partial charge in [0.2, 0.25) is 6.17 Å². The van der Waals surface area contributed by atoms with Gasteiger partial charge in [0.25, 0.3) is 0 Å². The van der Waals surface area contributed by atoms with Crippen LogP contribution in [0.15, 0.2) is 16.6 Å². The number of aromatic hydroxyl groups is 1. The average molecular weight is 358 g/mol. The zero-order valence-corrected chi connectivity index (χ0v) is 12.5. The van der Waals surface area contributed by atoms with Crippen LogP contribution in [0.2, 0.25) is 0 Å². The molecule has 0 heterocycles. The summed E-state index contributed by atoms with van der Waals surface area (Å²) in [6.07, 6.45) is -2.08. The van der Waals surface area contributed by atoms with Gasteiger partial charge in [0.05, 0.1) is 18.3 Å². The second-order valence-corrected chi connectivity index (χ2v) is 4.43. The summed E-state index contributed by atoms with van der Waals surface area (Å²) in [5.41, 5.74) is 11.2. The number of esters is 1. The van der Waals surface area contributed by atoms with Crippen molar-refractivity contribution in [1.82, 2.24) is 0 Å². The Kier molecular flexibility index (Phi) is 7.10. The van der Waals surface area contributed by atoms with Gasteiger partial charge in [-0.2, -0.15) is 0 Å². The van der Waals surface area contributed by atoms with Crippen molar-refractivity contribution in [2.75, 3.05) is 12.3 Å². The standard InChI is InChI=1S/C11H14BrFN2O3.ClH/c1-2-18-11(17)8(13)9(15)7-5(12)3-4-6(14)10(7)16;/h3-4,8-9,16H,2,14-15H2,1H3;1H/t8?,9-;/m0./s1. The summed E-state index contributed by atoms with van der Waals surface area (Å²) in [4.78, 5) is 11.3. The maximum Gasteiger partial charge on any atom is 0.342 e. The van der Waals surface area contributed by atoms with Crippen LogP contribution < -0.4 is 11.5 Å². The first kappa shape index (κ1) is 17.9. The molecule has 0 aliphatic rings. The van der Waals surface area contributed by atoms with Gasteiger partial charge in [-0.05, 0) is 19.1 Å². The third-order valence-electron chi connectivity index (χ3n) is 2.36. The minimum Gasteiger partial charge on any atom is -0.505 e. The van der Waals surface area contributed by atoms with E-state index in [1.165, 1.54) is 12.1 Å². The summed E-state index contributed by atoms with van der Waals surface area (Å²) >= 11 is 3.12. The molecule has 0 spiro atoms. The molecule has 0 aliphatic heterocycles. The topological polar surface area (TPSA) is 98.6 Å². The fraction of sp³-hybridized carbons (Fsp3) is 0.364. The molecule has 1 rings (SSSR count). The van der Waals surface area contributed by atoms with Crippen LogP contribution in [0.1, 0.15) is 18.5 Å². The number of nitrogen functional groups attached to an aromatic ring is 1. The predicted octanol–water partition coefficient (Wildman–Crippen LogP) is 2.06. The highest BCUT2D eigenvalue weighted by atomic mass is 79.9. The molecule has 2 atom stereocenters. The van der Waals surface area contributed by atoms with Crippen molar-refractivity contribution >= 4 is 40.0 Å². The highest BCUT2D eigenvalue weighted by Crippen LogP contribution is 2.37. The summed E-state index contributed by atoms with van der Waals surface area (Å²) in [6.45, 7) is 1.61. The van der Waals surface area contributed by atoms with E-state index in [2.05, 4.69) is 20.7 Å². The number of rotatable bonds is 4. The molecule has 108 valence electrons. The lowest BCUT2D eigenvalue weighted by Gasteiger charge is -2.19. The van der Waals surface area contributed by atoms with E-state index < -0.39 is 18.2 Å². The van der Waals surface area contributed by atoms with E-state index in [0.717, 1.165) is 0 Å². The highest BCUT2D eigenvalue weighted by molar-refractivity contribution is 9.10. The zero-order valence-electron chi connectivity index (χ0n) is 10.1. The zero-order chi connectivity index (χ0) is 13.9. The normalized spacial score (nSPS) is 13.3. The van der Waals surface area contributed by atoms with Crippen molar-refractivity contribution in [3.05, 3.63) is 22.2 Å². The van der Waals surface area contributed by atoms with Gasteiger partial charge in [-0.3, -0.25) is 0 Å². The number of carbonyl (C=O) groups is 1. The van der Waals surface area contributed by atoms with Crippen molar-refractivity contribution < 1.29 is 19.0 Å². The van der Waals surface area contributed by atoms with E-state index in [0.29, 0.717) is 4.47 Å². The van der Waals surface area contributed by atoms with Crippen LogP contribution in [-0.4, -0.2) is 23.9 Å². The van der Waals surface area contributed by atoms with Gasteiger partial charge >= 0.3 is 5.97 Å². The maximum atomic E-state index is 13.8. The van der Waals surface area contributed by atoms with Crippen LogP contribution in [0.4, 0.5) is 10.1 Å². The molecule has 0 aliphatic carbocycles. The predicted molar refractivity (Wildman–Crippen MR) is 75.9 cm³/mol. The number of hydrogen-bond acceptors (Lipinski definition) is 5. The van der Waals surface area contributed by atoms with Crippen molar-refractivity contribution in [2.24, 2.45) is 5.73 Å². The molecule has 0 saturated heterocycles. The second-order valence-electron chi connectivity index (χ2n) is 3.58. The first-order valence-electron chi connectivity index (χ1n) is 5.23. The number of phenolic OH excluding ortho intramolecular Hbond substituents is 1. The lowest BCUT2D eigenvalue weighted by molar-refractivity contribution is -0.149. The molecule has 0 amide bonds. The quantitative estimate of drug-likeness (QED) is 0.435. The number of halogens is 3. The second kappa shape index (κ2) is 7.52. The number of ether oxygens (including phenoxy) is 1. The van der Waals surface area contributed by atoms with E-state index >= 15 is 0 Å². The summed E-state index contributed by atoms with van der Waals surface area (Å²) in [7, 11) is 0. The van der Waals surface area contributed by atoms with Crippen molar-refractivity contribution in [1.29, 1.82) is 0 Å². The number of anilines is 1. The molecule has 1 aromatic carbocycles. The molecule has 0 aromatic heterocycles. The maximum absolute atomic E-state index is 13.8. The minimum absolute atomic E-state index is 0. The van der Waals surface area contributed by atoms with Gasteiger partial charge in [0.1, 0.15) is 5.75 Å². The lowest BCUT2D eigenvalue weighted by Crippen LogP contribution is -2.32. The Hall–Kier alpha value is -1.05. The fourth-order valence-electron chi connectivity index (χ4n) is 1.43. The smallest absolute Gasteiger partial charge is 0.342 e. The highest BCUT2D eigenvalue weighted by Gasteiger charge is 2.31. The SMILES string of the molecule is CCOC(=O)C(F)[C@@H](N)c1c(Br)ccc(N)c1O.Cl. The Bertz CT molecular complexity index is 462. The van der Waals surface area contributed by atoms with Crippen molar-refractivity contribution in [3.8, 4) is 5.75 Å². The van der Waals surface area contributed by atoms with Gasteiger partial charge in [-0.25, -0.2) is 9.18 Å². The third kappa shape index (κ3) is 3.95. The third-order valence-corrected chi connectivity index (χ3v) is 3.05. The molecule has 1 aromatic rings. The van der Waals surface area contributed by atoms with E-state index in [1.54, 1.807) is 6.92 Å². The number of phenols is 1. The molecule has 0 fully saturated rings. The van der Waals surface area contributed by atoms with Gasteiger partial charge in [-0.1, -0.05) is 15.9 Å². The first-order chi connectivity index (χ1) is 8.40. The molecule has 1 unspecified atom stereocenters. The van der Waals surface area contributed by atoms with Gasteiger partial charge in [0.15, 0.2) is 0 Å². The summed E-state index contributed by atoms with van der Waals surface area (Å²) < 4.78 is 18.7. The van der Waals surface area contributed by atoms with Crippen LogP contribution in [-0.2, 0) is 9.53 Å². The molecule has 5 N–H and O–H groups in total. The molecular formula is C11H15BrClFN2O3. The first-order valence-corrected chi connectivity index (χ1v) is 6.02. The summed E-state index contributed by atoms with van der Waals surface area (Å²) in [5.74, 6) is -1.41. The van der Waals surface area contributed by atoms with E-state index in [9.17, 15) is 14.3 Å². The lowest BCUT2D eigenvalue weighted by atomic mass is 10.0. The molecule has 0 bridgehead atoms. The number of hydrogen-bond donors (Lipinski definition) is 3. The Morgan fingerprint density at radius 1 is 1.58 bits per heavy atom. The van der Waals surface area contributed by atoms with Gasteiger partial charge in [0, 0.05) is 10.0 Å². The largest absolute Gasteiger partial charge is 0.505 e. The summed E-state index contributed by atoms with van der Waals surface area (Å²) in [6, 6.07) is 1.59.